The van der Waals surface area contributed by atoms with Gasteiger partial charge in [-0.25, -0.2) is 0 Å². The molecule has 1 saturated carbocycles. The fourth-order valence-corrected chi connectivity index (χ4v) is 4.30. The first kappa shape index (κ1) is 24.2. The minimum Gasteiger partial charge on any atom is -0.492 e. The van der Waals surface area contributed by atoms with E-state index >= 15 is 0 Å². The van der Waals surface area contributed by atoms with E-state index in [0.717, 1.165) is 32.1 Å². The lowest BCUT2D eigenvalue weighted by Gasteiger charge is -2.23. The van der Waals surface area contributed by atoms with E-state index in [1.165, 1.54) is 6.42 Å². The zero-order valence-corrected chi connectivity index (χ0v) is 20.5. The third kappa shape index (κ3) is 6.77. The molecule has 0 unspecified atom stereocenters. The highest BCUT2D eigenvalue weighted by Gasteiger charge is 2.19. The summed E-state index contributed by atoms with van der Waals surface area (Å²) in [6.45, 7) is 2.63. The highest BCUT2D eigenvalue weighted by molar-refractivity contribution is 9.10. The van der Waals surface area contributed by atoms with Gasteiger partial charge < -0.3 is 15.4 Å². The quantitative estimate of drug-likeness (QED) is 0.427. The molecule has 170 valence electrons. The van der Waals surface area contributed by atoms with Crippen LogP contribution in [0.15, 0.2) is 46.9 Å². The molecular weight excluding hydrogens is 490 g/mol. The molecule has 0 heterocycles. The maximum absolute atomic E-state index is 12.8. The van der Waals surface area contributed by atoms with Gasteiger partial charge in [-0.3, -0.25) is 14.9 Å². The number of carbonyl (C=O) groups excluding carboxylic acids is 2. The first-order chi connectivity index (χ1) is 15.5. The number of hydrogen-bond donors (Lipinski definition) is 3. The van der Waals surface area contributed by atoms with Crippen LogP contribution in [0.1, 0.15) is 66.2 Å². The lowest BCUT2D eigenvalue weighted by molar-refractivity contribution is 0.0927. The van der Waals surface area contributed by atoms with Crippen molar-refractivity contribution in [3.8, 4) is 5.75 Å². The van der Waals surface area contributed by atoms with Crippen LogP contribution in [0.2, 0.25) is 0 Å². The van der Waals surface area contributed by atoms with Gasteiger partial charge in [0.15, 0.2) is 5.11 Å². The van der Waals surface area contributed by atoms with Gasteiger partial charge in [-0.1, -0.05) is 38.3 Å². The van der Waals surface area contributed by atoms with Gasteiger partial charge in [-0.05, 0) is 77.7 Å². The second-order valence-electron chi connectivity index (χ2n) is 7.76. The summed E-state index contributed by atoms with van der Waals surface area (Å²) in [7, 11) is 0. The van der Waals surface area contributed by atoms with Gasteiger partial charge in [-0.2, -0.15) is 0 Å². The zero-order chi connectivity index (χ0) is 22.9. The Morgan fingerprint density at radius 1 is 1.09 bits per heavy atom. The molecule has 1 aliphatic carbocycles. The summed E-state index contributed by atoms with van der Waals surface area (Å²) in [4.78, 5) is 25.4. The SMILES string of the molecule is CCCOc1ccc(C(=O)NC(=S)Nc2ccccc2C(=O)NC2CCCCC2)cc1Br. The standard InChI is InChI=1S/C24H28BrN3O3S/c1-2-14-31-21-13-12-16(15-19(21)25)22(29)28-24(32)27-20-11-7-6-10-18(20)23(30)26-17-8-4-3-5-9-17/h6-7,10-13,15,17H,2-5,8-9,14H2,1H3,(H,26,30)(H2,27,28,29,32). The van der Waals surface area contributed by atoms with Crippen molar-refractivity contribution < 1.29 is 14.3 Å². The smallest absolute Gasteiger partial charge is 0.257 e. The van der Waals surface area contributed by atoms with Crippen LogP contribution in [-0.4, -0.2) is 29.6 Å². The largest absolute Gasteiger partial charge is 0.492 e. The van der Waals surface area contributed by atoms with Gasteiger partial charge in [0.25, 0.3) is 11.8 Å². The van der Waals surface area contributed by atoms with Crippen molar-refractivity contribution in [2.75, 3.05) is 11.9 Å². The molecule has 6 nitrogen and oxygen atoms in total. The molecule has 8 heteroatoms. The van der Waals surface area contributed by atoms with Crippen LogP contribution in [0.4, 0.5) is 5.69 Å². The fraction of sp³-hybridized carbons (Fsp3) is 0.375. The molecule has 0 radical (unpaired) electrons. The summed E-state index contributed by atoms with van der Waals surface area (Å²) >= 11 is 8.76. The highest BCUT2D eigenvalue weighted by Crippen LogP contribution is 2.26. The lowest BCUT2D eigenvalue weighted by Crippen LogP contribution is -2.37. The number of thiocarbonyl (C=S) groups is 1. The highest BCUT2D eigenvalue weighted by atomic mass is 79.9. The van der Waals surface area contributed by atoms with Crippen LogP contribution < -0.4 is 20.7 Å². The molecule has 0 bridgehead atoms. The predicted molar refractivity (Wildman–Crippen MR) is 134 cm³/mol. The van der Waals surface area contributed by atoms with Crippen LogP contribution in [0.25, 0.3) is 0 Å². The molecule has 0 aliphatic heterocycles. The second kappa shape index (κ2) is 12.0. The van der Waals surface area contributed by atoms with Crippen molar-refractivity contribution in [3.63, 3.8) is 0 Å². The molecular formula is C24H28BrN3O3S. The number of anilines is 1. The summed E-state index contributed by atoms with van der Waals surface area (Å²) in [5.74, 6) is 0.192. The van der Waals surface area contributed by atoms with Gasteiger partial charge >= 0.3 is 0 Å². The van der Waals surface area contributed by atoms with E-state index in [1.807, 2.05) is 19.1 Å². The molecule has 3 N–H and O–H groups in total. The van der Waals surface area contributed by atoms with Gasteiger partial charge in [0.05, 0.1) is 22.3 Å². The number of carbonyl (C=O) groups is 2. The summed E-state index contributed by atoms with van der Waals surface area (Å²) in [6, 6.07) is 12.5. The van der Waals surface area contributed by atoms with Crippen molar-refractivity contribution >= 4 is 50.8 Å². The molecule has 0 atom stereocenters. The number of benzene rings is 2. The van der Waals surface area contributed by atoms with Crippen molar-refractivity contribution in [2.24, 2.45) is 0 Å². The third-order valence-electron chi connectivity index (χ3n) is 5.24. The molecule has 3 rings (SSSR count). The number of para-hydroxylation sites is 1. The number of nitrogens with one attached hydrogen (secondary N) is 3. The monoisotopic (exact) mass is 517 g/mol. The first-order valence-electron chi connectivity index (χ1n) is 10.9. The molecule has 2 amide bonds. The zero-order valence-electron chi connectivity index (χ0n) is 18.1. The van der Waals surface area contributed by atoms with Crippen LogP contribution >= 0.6 is 28.1 Å². The average molecular weight is 518 g/mol. The first-order valence-corrected chi connectivity index (χ1v) is 12.1. The Morgan fingerprint density at radius 3 is 2.56 bits per heavy atom. The Hall–Kier alpha value is -2.45. The lowest BCUT2D eigenvalue weighted by atomic mass is 9.95. The van der Waals surface area contributed by atoms with Crippen LogP contribution in [0.3, 0.4) is 0 Å². The van der Waals surface area contributed by atoms with E-state index in [9.17, 15) is 9.59 Å². The van der Waals surface area contributed by atoms with E-state index in [-0.39, 0.29) is 23.0 Å². The summed E-state index contributed by atoms with van der Waals surface area (Å²) in [6.07, 6.45) is 6.42. The van der Waals surface area contributed by atoms with Gasteiger partial charge in [0, 0.05) is 11.6 Å². The van der Waals surface area contributed by atoms with E-state index in [4.69, 9.17) is 17.0 Å². The number of ether oxygens (including phenoxy) is 1. The van der Waals surface area contributed by atoms with E-state index < -0.39 is 0 Å². The number of amides is 2. The van der Waals surface area contributed by atoms with Gasteiger partial charge in [0.2, 0.25) is 0 Å². The van der Waals surface area contributed by atoms with E-state index in [1.54, 1.807) is 30.3 Å². The van der Waals surface area contributed by atoms with Crippen LogP contribution in [0, 0.1) is 0 Å². The summed E-state index contributed by atoms with van der Waals surface area (Å²) in [5, 5.41) is 8.89. The Morgan fingerprint density at radius 2 is 1.84 bits per heavy atom. The maximum Gasteiger partial charge on any atom is 0.257 e. The molecule has 32 heavy (non-hydrogen) atoms. The maximum atomic E-state index is 12.8. The minimum atomic E-state index is -0.352. The molecule has 1 fully saturated rings. The van der Waals surface area contributed by atoms with E-state index in [2.05, 4.69) is 31.9 Å². The van der Waals surface area contributed by atoms with Crippen LogP contribution in [0.5, 0.6) is 5.75 Å². The summed E-state index contributed by atoms with van der Waals surface area (Å²) < 4.78 is 6.31. The normalized spacial score (nSPS) is 13.8. The molecule has 0 aromatic heterocycles. The number of rotatable bonds is 7. The molecule has 0 spiro atoms. The van der Waals surface area contributed by atoms with Crippen molar-refractivity contribution in [1.29, 1.82) is 0 Å². The molecule has 2 aromatic carbocycles. The molecule has 1 aliphatic rings. The topological polar surface area (TPSA) is 79.5 Å². The third-order valence-corrected chi connectivity index (χ3v) is 6.07. The van der Waals surface area contributed by atoms with Gasteiger partial charge in [0.1, 0.15) is 5.75 Å². The number of halogens is 1. The van der Waals surface area contributed by atoms with E-state index in [0.29, 0.717) is 33.6 Å². The Kier molecular flexibility index (Phi) is 9.05. The Balaban J connectivity index is 1.61. The average Bonchev–Trinajstić information content (AvgIpc) is 2.79. The Labute approximate surface area is 202 Å². The Bertz CT molecular complexity index is 977. The van der Waals surface area contributed by atoms with Gasteiger partial charge in [-0.15, -0.1) is 0 Å². The summed E-state index contributed by atoms with van der Waals surface area (Å²) in [5.41, 5.74) is 1.48. The van der Waals surface area contributed by atoms with Crippen molar-refractivity contribution in [3.05, 3.63) is 58.1 Å². The minimum absolute atomic E-state index is 0.121. The second-order valence-corrected chi connectivity index (χ2v) is 9.02. The predicted octanol–water partition coefficient (Wildman–Crippen LogP) is 5.43. The molecule has 2 aromatic rings. The van der Waals surface area contributed by atoms with Crippen molar-refractivity contribution in [1.82, 2.24) is 10.6 Å². The van der Waals surface area contributed by atoms with Crippen LogP contribution in [-0.2, 0) is 0 Å². The number of hydrogen-bond acceptors (Lipinski definition) is 4. The fourth-order valence-electron chi connectivity index (χ4n) is 3.60. The van der Waals surface area contributed by atoms with Crippen molar-refractivity contribution in [2.45, 2.75) is 51.5 Å². The molecule has 0 saturated heterocycles.